The van der Waals surface area contributed by atoms with E-state index in [9.17, 15) is 9.90 Å². The summed E-state index contributed by atoms with van der Waals surface area (Å²) in [4.78, 5) is 13.0. The molecule has 1 aliphatic rings. The largest absolute Gasteiger partial charge is 0.491 e. The molecule has 0 radical (unpaired) electrons. The van der Waals surface area contributed by atoms with Crippen LogP contribution in [0.15, 0.2) is 30.3 Å². The number of para-hydroxylation sites is 1. The zero-order valence-corrected chi connectivity index (χ0v) is 12.7. The molecule has 2 N–H and O–H groups in total. The second-order valence-corrected chi connectivity index (χ2v) is 6.61. The molecule has 2 heterocycles. The SMILES string of the molecule is O=C(Cc1ccc(Cl)s1)Nc1cccc2c1OCCC2O. The van der Waals surface area contributed by atoms with Crippen molar-refractivity contribution in [2.45, 2.75) is 18.9 Å². The van der Waals surface area contributed by atoms with Crippen LogP contribution >= 0.6 is 22.9 Å². The van der Waals surface area contributed by atoms with E-state index in [0.717, 1.165) is 10.4 Å². The van der Waals surface area contributed by atoms with Crippen LogP contribution in [0.2, 0.25) is 4.34 Å². The number of fused-ring (bicyclic) bond motifs is 1. The Kier molecular flexibility index (Phi) is 4.14. The summed E-state index contributed by atoms with van der Waals surface area (Å²) in [5.74, 6) is 0.430. The van der Waals surface area contributed by atoms with Crippen molar-refractivity contribution >= 4 is 34.5 Å². The van der Waals surface area contributed by atoms with E-state index in [-0.39, 0.29) is 12.3 Å². The first-order valence-corrected chi connectivity index (χ1v) is 7.81. The van der Waals surface area contributed by atoms with Crippen LogP contribution < -0.4 is 10.1 Å². The molecule has 1 unspecified atom stereocenters. The zero-order valence-electron chi connectivity index (χ0n) is 11.1. The van der Waals surface area contributed by atoms with Crippen LogP contribution in [0.25, 0.3) is 0 Å². The average Bonchev–Trinajstić information content (AvgIpc) is 2.85. The first-order valence-electron chi connectivity index (χ1n) is 6.61. The van der Waals surface area contributed by atoms with Crippen molar-refractivity contribution in [3.05, 3.63) is 45.1 Å². The summed E-state index contributed by atoms with van der Waals surface area (Å²) in [6.07, 6.45) is 0.295. The average molecular weight is 324 g/mol. The van der Waals surface area contributed by atoms with E-state index in [2.05, 4.69) is 5.32 Å². The molecule has 0 saturated heterocycles. The highest BCUT2D eigenvalue weighted by Crippen LogP contribution is 2.37. The van der Waals surface area contributed by atoms with E-state index in [1.54, 1.807) is 18.2 Å². The summed E-state index contributed by atoms with van der Waals surface area (Å²) in [6, 6.07) is 9.00. The van der Waals surface area contributed by atoms with Gasteiger partial charge in [0.25, 0.3) is 0 Å². The van der Waals surface area contributed by atoms with Gasteiger partial charge in [-0.3, -0.25) is 4.79 Å². The maximum Gasteiger partial charge on any atom is 0.229 e. The number of aliphatic hydroxyl groups excluding tert-OH is 1. The minimum atomic E-state index is -0.540. The van der Waals surface area contributed by atoms with Gasteiger partial charge < -0.3 is 15.2 Å². The first kappa shape index (κ1) is 14.4. The highest BCUT2D eigenvalue weighted by molar-refractivity contribution is 7.16. The second-order valence-electron chi connectivity index (χ2n) is 4.81. The Morgan fingerprint density at radius 1 is 1.43 bits per heavy atom. The molecule has 1 aromatic carbocycles. The van der Waals surface area contributed by atoms with Gasteiger partial charge in [-0.2, -0.15) is 0 Å². The highest BCUT2D eigenvalue weighted by Gasteiger charge is 2.22. The summed E-state index contributed by atoms with van der Waals surface area (Å²) >= 11 is 7.24. The lowest BCUT2D eigenvalue weighted by Crippen LogP contribution is -2.18. The number of benzene rings is 1. The number of rotatable bonds is 3. The third-order valence-corrected chi connectivity index (χ3v) is 4.51. The lowest BCUT2D eigenvalue weighted by atomic mass is 10.0. The first-order chi connectivity index (χ1) is 10.1. The Hall–Kier alpha value is -1.56. The molecule has 0 saturated carbocycles. The number of aliphatic hydroxyl groups is 1. The second kappa shape index (κ2) is 6.05. The number of nitrogens with one attached hydrogen (secondary N) is 1. The smallest absolute Gasteiger partial charge is 0.229 e. The van der Waals surface area contributed by atoms with E-state index in [1.807, 2.05) is 12.1 Å². The molecule has 2 aromatic rings. The summed E-state index contributed by atoms with van der Waals surface area (Å²) < 4.78 is 6.25. The van der Waals surface area contributed by atoms with Crippen LogP contribution in [-0.2, 0) is 11.2 Å². The van der Waals surface area contributed by atoms with Crippen molar-refractivity contribution in [1.82, 2.24) is 0 Å². The molecule has 110 valence electrons. The standard InChI is InChI=1S/C15H14ClNO3S/c16-13-5-4-9(21-13)8-14(19)17-11-3-1-2-10-12(18)6-7-20-15(10)11/h1-5,12,18H,6-8H2,(H,17,19). The van der Waals surface area contributed by atoms with Gasteiger partial charge in [0.05, 0.1) is 29.2 Å². The summed E-state index contributed by atoms with van der Waals surface area (Å²) in [5.41, 5.74) is 1.32. The molecule has 1 aliphatic heterocycles. The third-order valence-electron chi connectivity index (χ3n) is 3.28. The number of hydrogen-bond donors (Lipinski definition) is 2. The predicted octanol–water partition coefficient (Wildman–Crippen LogP) is 3.40. The minimum Gasteiger partial charge on any atom is -0.491 e. The zero-order chi connectivity index (χ0) is 14.8. The van der Waals surface area contributed by atoms with Gasteiger partial charge in [-0.25, -0.2) is 0 Å². The van der Waals surface area contributed by atoms with Crippen molar-refractivity contribution in [3.8, 4) is 5.75 Å². The van der Waals surface area contributed by atoms with Gasteiger partial charge >= 0.3 is 0 Å². The fraction of sp³-hybridized carbons (Fsp3) is 0.267. The lowest BCUT2D eigenvalue weighted by Gasteiger charge is -2.24. The van der Waals surface area contributed by atoms with Gasteiger partial charge in [-0.1, -0.05) is 23.7 Å². The maximum absolute atomic E-state index is 12.1. The molecular weight excluding hydrogens is 310 g/mol. The number of ether oxygens (including phenoxy) is 1. The number of carbonyl (C=O) groups excluding carboxylic acids is 1. The van der Waals surface area contributed by atoms with Gasteiger partial charge in [-0.15, -0.1) is 11.3 Å². The maximum atomic E-state index is 12.1. The van der Waals surface area contributed by atoms with Crippen LogP contribution in [0.3, 0.4) is 0 Å². The molecule has 4 nitrogen and oxygen atoms in total. The Morgan fingerprint density at radius 2 is 2.29 bits per heavy atom. The van der Waals surface area contributed by atoms with Crippen molar-refractivity contribution in [3.63, 3.8) is 0 Å². The summed E-state index contributed by atoms with van der Waals surface area (Å²) in [7, 11) is 0. The lowest BCUT2D eigenvalue weighted by molar-refractivity contribution is -0.115. The van der Waals surface area contributed by atoms with E-state index >= 15 is 0 Å². The van der Waals surface area contributed by atoms with Crippen LogP contribution in [0.1, 0.15) is 23.0 Å². The number of halogens is 1. The van der Waals surface area contributed by atoms with Crippen molar-refractivity contribution in [1.29, 1.82) is 0 Å². The van der Waals surface area contributed by atoms with Crippen LogP contribution in [0.5, 0.6) is 5.75 Å². The topological polar surface area (TPSA) is 58.6 Å². The molecule has 3 rings (SSSR count). The van der Waals surface area contributed by atoms with Gasteiger partial charge in [0, 0.05) is 16.9 Å². The molecule has 0 fully saturated rings. The molecule has 1 atom stereocenters. The normalized spacial score (nSPS) is 17.0. The molecular formula is C15H14ClNO3S. The number of thiophene rings is 1. The molecule has 6 heteroatoms. The van der Waals surface area contributed by atoms with Crippen LogP contribution in [-0.4, -0.2) is 17.6 Å². The van der Waals surface area contributed by atoms with E-state index < -0.39 is 6.10 Å². The van der Waals surface area contributed by atoms with E-state index in [0.29, 0.717) is 28.8 Å². The van der Waals surface area contributed by atoms with Gasteiger partial charge in [-0.05, 0) is 18.2 Å². The Labute approximate surface area is 131 Å². The Morgan fingerprint density at radius 3 is 3.05 bits per heavy atom. The van der Waals surface area contributed by atoms with Gasteiger partial charge in [0.15, 0.2) is 0 Å². The molecule has 0 spiro atoms. The number of carbonyl (C=O) groups is 1. The van der Waals surface area contributed by atoms with E-state index in [1.165, 1.54) is 11.3 Å². The number of hydrogen-bond acceptors (Lipinski definition) is 4. The van der Waals surface area contributed by atoms with Gasteiger partial charge in [0.2, 0.25) is 5.91 Å². The summed E-state index contributed by atoms with van der Waals surface area (Å²) in [5, 5.41) is 12.8. The van der Waals surface area contributed by atoms with Crippen LogP contribution in [0.4, 0.5) is 5.69 Å². The van der Waals surface area contributed by atoms with Gasteiger partial charge in [0.1, 0.15) is 5.75 Å². The molecule has 0 aliphatic carbocycles. The Bertz CT molecular complexity index is 671. The number of amides is 1. The molecule has 0 bridgehead atoms. The molecule has 1 amide bonds. The monoisotopic (exact) mass is 323 g/mol. The Balaban J connectivity index is 1.76. The van der Waals surface area contributed by atoms with Crippen molar-refractivity contribution in [2.24, 2.45) is 0 Å². The van der Waals surface area contributed by atoms with E-state index in [4.69, 9.17) is 16.3 Å². The fourth-order valence-electron chi connectivity index (χ4n) is 2.30. The summed E-state index contributed by atoms with van der Waals surface area (Å²) in [6.45, 7) is 0.446. The number of anilines is 1. The van der Waals surface area contributed by atoms with Crippen LogP contribution in [0, 0.1) is 0 Å². The van der Waals surface area contributed by atoms with Crippen molar-refractivity contribution < 1.29 is 14.6 Å². The quantitative estimate of drug-likeness (QED) is 0.910. The molecule has 21 heavy (non-hydrogen) atoms. The molecule has 1 aromatic heterocycles. The van der Waals surface area contributed by atoms with Crippen molar-refractivity contribution in [2.75, 3.05) is 11.9 Å². The highest BCUT2D eigenvalue weighted by atomic mass is 35.5. The predicted molar refractivity (Wildman–Crippen MR) is 83.2 cm³/mol. The fourth-order valence-corrected chi connectivity index (χ4v) is 3.39. The minimum absolute atomic E-state index is 0.134. The third kappa shape index (κ3) is 3.20.